The highest BCUT2D eigenvalue weighted by Crippen LogP contribution is 2.21. The Kier molecular flexibility index (Phi) is 5.87. The highest BCUT2D eigenvalue weighted by Gasteiger charge is 2.34. The first-order valence-corrected chi connectivity index (χ1v) is 9.19. The average Bonchev–Trinajstić information content (AvgIpc) is 3.08. The van der Waals surface area contributed by atoms with Crippen molar-refractivity contribution in [1.29, 1.82) is 5.26 Å². The minimum atomic E-state index is -0.311. The summed E-state index contributed by atoms with van der Waals surface area (Å²) in [6.45, 7) is 3.01. The van der Waals surface area contributed by atoms with Gasteiger partial charge in [0.25, 0.3) is 0 Å². The Bertz CT molecular complexity index is 840. The smallest absolute Gasteiger partial charge is 0.225 e. The highest BCUT2D eigenvalue weighted by molar-refractivity contribution is 5.89. The molecule has 27 heavy (non-hydrogen) atoms. The zero-order valence-corrected chi connectivity index (χ0v) is 15.4. The van der Waals surface area contributed by atoms with Crippen molar-refractivity contribution in [2.24, 2.45) is 5.92 Å². The van der Waals surface area contributed by atoms with E-state index in [-0.39, 0.29) is 30.2 Å². The maximum absolute atomic E-state index is 12.6. The Labute approximate surface area is 159 Å². The van der Waals surface area contributed by atoms with Gasteiger partial charge in [0.1, 0.15) is 0 Å². The highest BCUT2D eigenvalue weighted by atomic mass is 16.2. The van der Waals surface area contributed by atoms with Gasteiger partial charge in [-0.2, -0.15) is 5.26 Å². The third-order valence-corrected chi connectivity index (χ3v) is 5.00. The van der Waals surface area contributed by atoms with Crippen molar-refractivity contribution in [3.05, 3.63) is 71.3 Å². The van der Waals surface area contributed by atoms with Crippen molar-refractivity contribution < 1.29 is 9.59 Å². The van der Waals surface area contributed by atoms with E-state index in [1.807, 2.05) is 49.4 Å². The van der Waals surface area contributed by atoms with Gasteiger partial charge in [0.05, 0.1) is 23.6 Å². The van der Waals surface area contributed by atoms with Crippen LogP contribution in [0.3, 0.4) is 0 Å². The number of carbonyl (C=O) groups is 2. The molecule has 2 amide bonds. The molecule has 0 saturated carbocycles. The summed E-state index contributed by atoms with van der Waals surface area (Å²) in [6.07, 6.45) is 1.06. The van der Waals surface area contributed by atoms with Gasteiger partial charge in [0, 0.05) is 19.5 Å². The maximum Gasteiger partial charge on any atom is 0.225 e. The van der Waals surface area contributed by atoms with Gasteiger partial charge in [-0.15, -0.1) is 0 Å². The molecule has 2 atom stereocenters. The molecule has 0 radical (unpaired) electrons. The van der Waals surface area contributed by atoms with E-state index in [0.29, 0.717) is 18.7 Å². The molecule has 1 saturated heterocycles. The van der Waals surface area contributed by atoms with E-state index in [4.69, 9.17) is 5.26 Å². The largest absolute Gasteiger partial charge is 0.349 e. The Morgan fingerprint density at radius 1 is 1.22 bits per heavy atom. The van der Waals surface area contributed by atoms with E-state index < -0.39 is 0 Å². The standard InChI is InChI=1S/C22H23N3O2/c1-16(19-9-7-18(14-23)8-10-19)24-22(27)20-13-21(26)25(15-20)12-11-17-5-3-2-4-6-17/h2-10,16,20H,11-13,15H2,1H3,(H,24,27). The van der Waals surface area contributed by atoms with E-state index in [2.05, 4.69) is 11.4 Å². The first-order valence-electron chi connectivity index (χ1n) is 9.19. The summed E-state index contributed by atoms with van der Waals surface area (Å²) < 4.78 is 0. The number of nitrogens with one attached hydrogen (secondary N) is 1. The molecule has 0 bridgehead atoms. The molecule has 2 unspecified atom stereocenters. The molecule has 0 aromatic heterocycles. The fourth-order valence-corrected chi connectivity index (χ4v) is 3.33. The van der Waals surface area contributed by atoms with Crippen LogP contribution in [-0.2, 0) is 16.0 Å². The van der Waals surface area contributed by atoms with Gasteiger partial charge in [-0.05, 0) is 36.6 Å². The Balaban J connectivity index is 1.52. The molecule has 0 aliphatic carbocycles. The lowest BCUT2D eigenvalue weighted by Gasteiger charge is -2.19. The maximum atomic E-state index is 12.6. The number of rotatable bonds is 6. The van der Waals surface area contributed by atoms with Crippen LogP contribution < -0.4 is 5.32 Å². The van der Waals surface area contributed by atoms with Crippen LogP contribution in [0.5, 0.6) is 0 Å². The topological polar surface area (TPSA) is 73.2 Å². The van der Waals surface area contributed by atoms with Crippen LogP contribution in [-0.4, -0.2) is 29.8 Å². The summed E-state index contributed by atoms with van der Waals surface area (Å²) >= 11 is 0. The van der Waals surface area contributed by atoms with Crippen molar-refractivity contribution in [1.82, 2.24) is 10.2 Å². The molecular weight excluding hydrogens is 338 g/mol. The second kappa shape index (κ2) is 8.50. The van der Waals surface area contributed by atoms with Gasteiger partial charge in [0.15, 0.2) is 0 Å². The number of nitrogens with zero attached hydrogens (tertiary/aromatic N) is 2. The molecule has 5 nitrogen and oxygen atoms in total. The Morgan fingerprint density at radius 2 is 1.93 bits per heavy atom. The fourth-order valence-electron chi connectivity index (χ4n) is 3.33. The number of nitriles is 1. The Hall–Kier alpha value is -3.13. The minimum absolute atomic E-state index is 0.0390. The molecule has 2 aromatic rings. The van der Waals surface area contributed by atoms with Crippen molar-refractivity contribution in [2.45, 2.75) is 25.8 Å². The molecule has 138 valence electrons. The summed E-state index contributed by atoms with van der Waals surface area (Å²) in [5, 5.41) is 11.9. The van der Waals surface area contributed by atoms with Gasteiger partial charge in [-0.3, -0.25) is 9.59 Å². The van der Waals surface area contributed by atoms with Crippen molar-refractivity contribution in [2.75, 3.05) is 13.1 Å². The lowest BCUT2D eigenvalue weighted by Crippen LogP contribution is -2.35. The summed E-state index contributed by atoms with van der Waals surface area (Å²) in [4.78, 5) is 26.6. The molecule has 3 rings (SSSR count). The second-order valence-electron chi connectivity index (χ2n) is 6.94. The predicted octanol–water partition coefficient (Wildman–Crippen LogP) is 2.83. The van der Waals surface area contributed by atoms with Gasteiger partial charge in [-0.25, -0.2) is 0 Å². The van der Waals surface area contributed by atoms with Crippen LogP contribution in [0.2, 0.25) is 0 Å². The van der Waals surface area contributed by atoms with Gasteiger partial charge >= 0.3 is 0 Å². The number of hydrogen-bond donors (Lipinski definition) is 1. The van der Waals surface area contributed by atoms with Crippen LogP contribution in [0, 0.1) is 17.2 Å². The van der Waals surface area contributed by atoms with E-state index in [9.17, 15) is 9.59 Å². The molecule has 1 fully saturated rings. The zero-order chi connectivity index (χ0) is 19.2. The molecule has 0 spiro atoms. The van der Waals surface area contributed by atoms with E-state index >= 15 is 0 Å². The zero-order valence-electron chi connectivity index (χ0n) is 15.4. The minimum Gasteiger partial charge on any atom is -0.349 e. The van der Waals surface area contributed by atoms with Crippen LogP contribution in [0.4, 0.5) is 0 Å². The molecule has 2 aromatic carbocycles. The summed E-state index contributed by atoms with van der Waals surface area (Å²) in [6, 6.07) is 19.1. The third kappa shape index (κ3) is 4.73. The lowest BCUT2D eigenvalue weighted by atomic mass is 10.0. The van der Waals surface area contributed by atoms with E-state index in [1.54, 1.807) is 17.0 Å². The van der Waals surface area contributed by atoms with E-state index in [0.717, 1.165) is 12.0 Å². The summed E-state index contributed by atoms with van der Waals surface area (Å²) in [5.41, 5.74) is 2.72. The number of hydrogen-bond acceptors (Lipinski definition) is 3. The summed E-state index contributed by atoms with van der Waals surface area (Å²) in [5.74, 6) is -0.367. The number of likely N-dealkylation sites (tertiary alicyclic amines) is 1. The SMILES string of the molecule is CC(NC(=O)C1CC(=O)N(CCc2ccccc2)C1)c1ccc(C#N)cc1. The van der Waals surface area contributed by atoms with Crippen LogP contribution in [0.1, 0.15) is 36.1 Å². The lowest BCUT2D eigenvalue weighted by molar-refractivity contribution is -0.129. The number of amides is 2. The molecule has 1 aliphatic heterocycles. The number of carbonyl (C=O) groups excluding carboxylic acids is 2. The normalized spacial score (nSPS) is 17.4. The Morgan fingerprint density at radius 3 is 2.59 bits per heavy atom. The molecule has 5 heteroatoms. The fraction of sp³-hybridized carbons (Fsp3) is 0.318. The molecular formula is C22H23N3O2. The molecule has 1 heterocycles. The van der Waals surface area contributed by atoms with Crippen LogP contribution >= 0.6 is 0 Å². The van der Waals surface area contributed by atoms with Crippen molar-refractivity contribution in [3.63, 3.8) is 0 Å². The molecule has 1 aliphatic rings. The predicted molar refractivity (Wildman–Crippen MR) is 103 cm³/mol. The molecule has 1 N–H and O–H groups in total. The monoisotopic (exact) mass is 361 g/mol. The van der Waals surface area contributed by atoms with Crippen LogP contribution in [0.15, 0.2) is 54.6 Å². The van der Waals surface area contributed by atoms with E-state index in [1.165, 1.54) is 5.56 Å². The van der Waals surface area contributed by atoms with Crippen molar-refractivity contribution in [3.8, 4) is 6.07 Å². The average molecular weight is 361 g/mol. The second-order valence-corrected chi connectivity index (χ2v) is 6.94. The first-order chi connectivity index (χ1) is 13.1. The van der Waals surface area contributed by atoms with Gasteiger partial charge < -0.3 is 10.2 Å². The quantitative estimate of drug-likeness (QED) is 0.860. The first kappa shape index (κ1) is 18.7. The summed E-state index contributed by atoms with van der Waals surface area (Å²) in [7, 11) is 0. The van der Waals surface area contributed by atoms with Gasteiger partial charge in [0.2, 0.25) is 11.8 Å². The third-order valence-electron chi connectivity index (χ3n) is 5.00. The van der Waals surface area contributed by atoms with Crippen molar-refractivity contribution >= 4 is 11.8 Å². The van der Waals surface area contributed by atoms with Crippen LogP contribution in [0.25, 0.3) is 0 Å². The number of benzene rings is 2. The van der Waals surface area contributed by atoms with Gasteiger partial charge in [-0.1, -0.05) is 42.5 Å².